The number of aliphatic carboxylic acids is 1. The molecule has 47 heavy (non-hydrogen) atoms. The van der Waals surface area contributed by atoms with Crippen LogP contribution in [0.3, 0.4) is 0 Å². The summed E-state index contributed by atoms with van der Waals surface area (Å²) in [4.78, 5) is 69.8. The smallest absolute Gasteiger partial charge is 0.305 e. The van der Waals surface area contributed by atoms with Crippen LogP contribution in [0.1, 0.15) is 41.9 Å². The Balaban J connectivity index is 1.48. The lowest BCUT2D eigenvalue weighted by atomic mass is 9.44. The maximum Gasteiger partial charge on any atom is 0.305 e. The topological polar surface area (TPSA) is 138 Å². The Morgan fingerprint density at radius 3 is 2.30 bits per heavy atom. The minimum Gasteiger partial charge on any atom is -0.504 e. The van der Waals surface area contributed by atoms with E-state index in [1.807, 2.05) is 42.5 Å². The first-order valence-electron chi connectivity index (χ1n) is 15.7. The molecule has 2 fully saturated rings. The zero-order chi connectivity index (χ0) is 33.0. The molecular formula is C38H33NO8. The number of hydrogen-bond donors (Lipinski definition) is 2. The van der Waals surface area contributed by atoms with E-state index < -0.39 is 52.8 Å². The molecule has 1 saturated carbocycles. The maximum atomic E-state index is 15.0. The van der Waals surface area contributed by atoms with Crippen LogP contribution in [0.25, 0.3) is 5.57 Å². The molecule has 9 nitrogen and oxygen atoms in total. The zero-order valence-corrected chi connectivity index (χ0v) is 25.7. The van der Waals surface area contributed by atoms with E-state index in [1.54, 1.807) is 42.5 Å². The molecule has 2 amide bonds. The fourth-order valence-electron chi connectivity index (χ4n) is 8.65. The van der Waals surface area contributed by atoms with E-state index in [4.69, 9.17) is 4.74 Å². The summed E-state index contributed by atoms with van der Waals surface area (Å²) >= 11 is 0. The number of methoxy groups -OCH3 is 1. The lowest BCUT2D eigenvalue weighted by Gasteiger charge is -2.55. The number of carbonyl (C=O) groups is 5. The number of para-hydroxylation sites is 1. The van der Waals surface area contributed by atoms with Gasteiger partial charge in [0.25, 0.3) is 0 Å². The van der Waals surface area contributed by atoms with Crippen molar-refractivity contribution in [2.45, 2.75) is 30.6 Å². The molecule has 9 heteroatoms. The minimum atomic E-state index is -1.48. The molecule has 6 atom stereocenters. The maximum absolute atomic E-state index is 15.0. The molecule has 1 aliphatic heterocycles. The monoisotopic (exact) mass is 631 g/mol. The Bertz CT molecular complexity index is 1880. The van der Waals surface area contributed by atoms with Gasteiger partial charge in [-0.15, -0.1) is 0 Å². The number of amides is 2. The first-order chi connectivity index (χ1) is 22.7. The summed E-state index contributed by atoms with van der Waals surface area (Å²) < 4.78 is 5.48. The summed E-state index contributed by atoms with van der Waals surface area (Å²) in [5.41, 5.74) is 1.08. The Hall–Kier alpha value is -5.31. The van der Waals surface area contributed by atoms with E-state index in [-0.39, 0.29) is 54.4 Å². The number of carbonyl (C=O) groups excluding carboxylic acids is 4. The number of ketones is 2. The number of nitrogens with zero attached hydrogens (tertiary/aromatic N) is 1. The van der Waals surface area contributed by atoms with Gasteiger partial charge in [-0.05, 0) is 42.0 Å². The Kier molecular flexibility index (Phi) is 7.42. The zero-order valence-electron chi connectivity index (χ0n) is 25.7. The molecule has 7 rings (SSSR count). The minimum absolute atomic E-state index is 0.115. The fourth-order valence-corrected chi connectivity index (χ4v) is 8.65. The predicted molar refractivity (Wildman–Crippen MR) is 170 cm³/mol. The van der Waals surface area contributed by atoms with Crippen molar-refractivity contribution in [3.05, 3.63) is 113 Å². The van der Waals surface area contributed by atoms with Crippen LogP contribution in [-0.2, 0) is 29.4 Å². The molecule has 0 unspecified atom stereocenters. The number of fused-ring (bicyclic) bond motifs is 4. The van der Waals surface area contributed by atoms with Crippen LogP contribution in [-0.4, -0.2) is 58.1 Å². The molecule has 1 heterocycles. The van der Waals surface area contributed by atoms with Crippen molar-refractivity contribution in [3.63, 3.8) is 0 Å². The van der Waals surface area contributed by atoms with Crippen molar-refractivity contribution in [2.75, 3.05) is 13.7 Å². The normalized spacial score (nSPS) is 28.2. The van der Waals surface area contributed by atoms with E-state index in [0.29, 0.717) is 22.3 Å². The summed E-state index contributed by atoms with van der Waals surface area (Å²) in [6.45, 7) is -0.238. The number of Topliss-reactive ketones (excluding diaryl/α,β-unsaturated/α-hetero) is 1. The molecule has 4 aliphatic rings. The van der Waals surface area contributed by atoms with Gasteiger partial charge in [0.15, 0.2) is 23.1 Å². The van der Waals surface area contributed by atoms with Gasteiger partial charge < -0.3 is 14.9 Å². The standard InChI is InChI=1S/C38H33NO8/c1-47-29-14-8-13-25(35(29)44)33-23-15-16-24-32(37(46)39(36(24)45)18-17-31(41)42)27(23)19-28-34(43)26(21-9-4-2-5-10-21)20-30(40)38(28,33)22-11-6-3-7-12-22/h2-15,20,24,27-28,32-33,44H,16-19H2,1H3,(H,41,42)/t24-,27+,28-,32-,33+,38-/m0/s1. The number of carboxylic acid groups (broad SMARTS) is 1. The number of phenols is 1. The van der Waals surface area contributed by atoms with Crippen molar-refractivity contribution < 1.29 is 38.9 Å². The Labute approximate surface area is 271 Å². The quantitative estimate of drug-likeness (QED) is 0.283. The van der Waals surface area contributed by atoms with Crippen LogP contribution in [0, 0.1) is 23.7 Å². The van der Waals surface area contributed by atoms with E-state index in [1.165, 1.54) is 13.2 Å². The van der Waals surface area contributed by atoms with Gasteiger partial charge >= 0.3 is 5.97 Å². The lowest BCUT2D eigenvalue weighted by molar-refractivity contribution is -0.142. The summed E-state index contributed by atoms with van der Waals surface area (Å²) in [6.07, 6.45) is 3.27. The largest absolute Gasteiger partial charge is 0.504 e. The predicted octanol–water partition coefficient (Wildman–Crippen LogP) is 4.70. The second-order valence-corrected chi connectivity index (χ2v) is 12.7. The summed E-state index contributed by atoms with van der Waals surface area (Å²) in [7, 11) is 1.43. The number of allylic oxidation sites excluding steroid dienone is 4. The molecule has 0 aromatic heterocycles. The summed E-state index contributed by atoms with van der Waals surface area (Å²) in [5.74, 6) is -6.55. The van der Waals surface area contributed by atoms with Crippen LogP contribution < -0.4 is 4.74 Å². The highest BCUT2D eigenvalue weighted by Crippen LogP contribution is 2.64. The molecule has 0 spiro atoms. The van der Waals surface area contributed by atoms with Crippen molar-refractivity contribution in [1.29, 1.82) is 0 Å². The number of ether oxygens (including phenoxy) is 1. The average molecular weight is 632 g/mol. The van der Waals surface area contributed by atoms with Gasteiger partial charge in [-0.25, -0.2) is 0 Å². The van der Waals surface area contributed by atoms with Gasteiger partial charge in [0, 0.05) is 29.5 Å². The van der Waals surface area contributed by atoms with Crippen LogP contribution in [0.2, 0.25) is 0 Å². The number of rotatable bonds is 7. The second kappa shape index (κ2) is 11.5. The van der Waals surface area contributed by atoms with Crippen molar-refractivity contribution in [2.24, 2.45) is 23.7 Å². The van der Waals surface area contributed by atoms with Crippen LogP contribution >= 0.6 is 0 Å². The van der Waals surface area contributed by atoms with Gasteiger partial charge in [-0.2, -0.15) is 0 Å². The van der Waals surface area contributed by atoms with E-state index in [2.05, 4.69) is 0 Å². The van der Waals surface area contributed by atoms with Gasteiger partial charge in [0.2, 0.25) is 11.8 Å². The summed E-state index contributed by atoms with van der Waals surface area (Å²) in [6, 6.07) is 23.1. The fraction of sp³-hybridized carbons (Fsp3) is 0.289. The van der Waals surface area contributed by atoms with E-state index in [9.17, 15) is 34.2 Å². The van der Waals surface area contributed by atoms with Crippen molar-refractivity contribution in [1.82, 2.24) is 4.90 Å². The molecule has 3 aromatic carbocycles. The average Bonchev–Trinajstić information content (AvgIpc) is 3.33. The third kappa shape index (κ3) is 4.47. The number of hydrogen-bond acceptors (Lipinski definition) is 7. The highest BCUT2D eigenvalue weighted by atomic mass is 16.5. The molecule has 3 aliphatic carbocycles. The number of likely N-dealkylation sites (tertiary alicyclic amines) is 1. The molecular weight excluding hydrogens is 598 g/mol. The molecule has 2 N–H and O–H groups in total. The number of imide groups is 1. The number of aromatic hydroxyl groups is 1. The van der Waals surface area contributed by atoms with Crippen LogP contribution in [0.4, 0.5) is 0 Å². The molecule has 0 radical (unpaired) electrons. The molecule has 1 saturated heterocycles. The van der Waals surface area contributed by atoms with Crippen LogP contribution in [0.15, 0.2) is 96.6 Å². The van der Waals surface area contributed by atoms with Gasteiger partial charge in [0.05, 0.1) is 30.8 Å². The van der Waals surface area contributed by atoms with Crippen molar-refractivity contribution >= 4 is 34.9 Å². The van der Waals surface area contributed by atoms with Gasteiger partial charge in [0.1, 0.15) is 0 Å². The van der Waals surface area contributed by atoms with Gasteiger partial charge in [-0.1, -0.05) is 84.4 Å². The SMILES string of the molecule is COc1cccc([C@H]2C3=CC[C@@H]4C(=O)N(CCC(=O)O)C(=O)[C@@H]4[C@@H]3C[C@H]3C(=O)C(c4ccccc4)=CC(=O)[C@@]23c2ccccc2)c1O. The van der Waals surface area contributed by atoms with Gasteiger partial charge in [-0.3, -0.25) is 28.9 Å². The van der Waals surface area contributed by atoms with Crippen LogP contribution in [0.5, 0.6) is 11.5 Å². The van der Waals surface area contributed by atoms with E-state index >= 15 is 0 Å². The lowest BCUT2D eigenvalue weighted by Crippen LogP contribution is -2.58. The number of phenolic OH excluding ortho intramolecular Hbond substituents is 1. The molecule has 238 valence electrons. The highest BCUT2D eigenvalue weighted by molar-refractivity contribution is 6.31. The summed E-state index contributed by atoms with van der Waals surface area (Å²) in [5, 5.41) is 21.0. The highest BCUT2D eigenvalue weighted by Gasteiger charge is 2.66. The number of carboxylic acids is 1. The van der Waals surface area contributed by atoms with E-state index in [0.717, 1.165) is 4.90 Å². The molecule has 3 aromatic rings. The molecule has 0 bridgehead atoms. The second-order valence-electron chi connectivity index (χ2n) is 12.7. The number of benzene rings is 3. The first kappa shape index (κ1) is 30.3. The third-order valence-corrected chi connectivity index (χ3v) is 10.6. The Morgan fingerprint density at radius 2 is 1.62 bits per heavy atom. The van der Waals surface area contributed by atoms with Crippen molar-refractivity contribution in [3.8, 4) is 11.5 Å². The third-order valence-electron chi connectivity index (χ3n) is 10.6. The Morgan fingerprint density at radius 1 is 0.915 bits per heavy atom. The first-order valence-corrected chi connectivity index (χ1v) is 15.7.